The highest BCUT2D eigenvalue weighted by molar-refractivity contribution is 6.48. The Balaban J connectivity index is 0. The van der Waals surface area contributed by atoms with Crippen LogP contribution in [0.5, 0.6) is 0 Å². The molecule has 0 aromatic carbocycles. The summed E-state index contributed by atoms with van der Waals surface area (Å²) in [6.07, 6.45) is 26.4. The monoisotopic (exact) mass is 386 g/mol. The first-order valence-corrected chi connectivity index (χ1v) is 15.1. The van der Waals surface area contributed by atoms with Gasteiger partial charge in [-0.3, -0.25) is 0 Å². The third-order valence-corrected chi connectivity index (χ3v) is 5.96. The van der Waals surface area contributed by atoms with Crippen molar-refractivity contribution >= 4 is 9.04 Å². The molecular formula is C24H54OSi. The van der Waals surface area contributed by atoms with Gasteiger partial charge in [0.2, 0.25) is 0 Å². The minimum absolute atomic E-state index is 0.671. The lowest BCUT2D eigenvalue weighted by atomic mass is 10.0. The Morgan fingerprint density at radius 2 is 0.654 bits per heavy atom. The van der Waals surface area contributed by atoms with Crippen LogP contribution in [0.15, 0.2) is 0 Å². The molecule has 0 aromatic heterocycles. The molecule has 0 saturated heterocycles. The van der Waals surface area contributed by atoms with Gasteiger partial charge in [0, 0.05) is 6.61 Å². The molecule has 0 N–H and O–H groups in total. The maximum atomic E-state index is 5.18. The van der Waals surface area contributed by atoms with Gasteiger partial charge in [0.25, 0.3) is 0 Å². The van der Waals surface area contributed by atoms with E-state index in [0.717, 1.165) is 6.61 Å². The topological polar surface area (TPSA) is 9.23 Å². The molecule has 0 heterocycles. The summed E-state index contributed by atoms with van der Waals surface area (Å²) in [4.78, 5) is 0. The zero-order valence-electron chi connectivity index (χ0n) is 19.4. The first-order valence-electron chi connectivity index (χ1n) is 12.3. The number of unbranched alkanes of at least 4 members (excludes halogenated alkanes) is 17. The first-order chi connectivity index (χ1) is 12.7. The molecule has 0 saturated carbocycles. The Bertz CT molecular complexity index is 200. The molecule has 0 aliphatic carbocycles. The van der Waals surface area contributed by atoms with Crippen molar-refractivity contribution in [1.29, 1.82) is 0 Å². The Morgan fingerprint density at radius 3 is 0.769 bits per heavy atom. The maximum Gasteiger partial charge on any atom is 0.170 e. The summed E-state index contributed by atoms with van der Waals surface area (Å²) in [5, 5.41) is 0. The van der Waals surface area contributed by atoms with E-state index in [4.69, 9.17) is 4.43 Å². The van der Waals surface area contributed by atoms with E-state index < -0.39 is 9.04 Å². The van der Waals surface area contributed by atoms with Crippen molar-refractivity contribution < 1.29 is 4.43 Å². The lowest BCUT2D eigenvalue weighted by Crippen LogP contribution is -2.05. The van der Waals surface area contributed by atoms with Gasteiger partial charge in [0.1, 0.15) is 0 Å². The van der Waals surface area contributed by atoms with Crippen molar-refractivity contribution in [2.45, 2.75) is 149 Å². The average Bonchev–Trinajstić information content (AvgIpc) is 2.62. The quantitative estimate of drug-likeness (QED) is 0.159. The van der Waals surface area contributed by atoms with Crippen LogP contribution in [0.25, 0.3) is 0 Å². The van der Waals surface area contributed by atoms with Crippen molar-refractivity contribution in [3.05, 3.63) is 0 Å². The van der Waals surface area contributed by atoms with Gasteiger partial charge >= 0.3 is 0 Å². The molecule has 26 heavy (non-hydrogen) atoms. The zero-order valence-corrected chi connectivity index (χ0v) is 20.6. The highest BCUT2D eigenvalue weighted by atomic mass is 28.3. The van der Waals surface area contributed by atoms with E-state index in [1.165, 1.54) is 116 Å². The Morgan fingerprint density at radius 1 is 0.423 bits per heavy atom. The van der Waals surface area contributed by atoms with E-state index in [1.54, 1.807) is 0 Å². The zero-order chi connectivity index (χ0) is 19.7. The Labute approximate surface area is 169 Å². The van der Waals surface area contributed by atoms with Gasteiger partial charge < -0.3 is 4.43 Å². The minimum Gasteiger partial charge on any atom is -0.421 e. The van der Waals surface area contributed by atoms with Crippen LogP contribution in [0.3, 0.4) is 0 Å². The summed E-state index contributed by atoms with van der Waals surface area (Å²) in [7, 11) is -0.671. The largest absolute Gasteiger partial charge is 0.421 e. The molecule has 0 amide bonds. The van der Waals surface area contributed by atoms with Crippen molar-refractivity contribution in [1.82, 2.24) is 0 Å². The third kappa shape index (κ3) is 31.9. The molecular weight excluding hydrogens is 332 g/mol. The molecule has 160 valence electrons. The molecule has 0 rings (SSSR count). The van der Waals surface area contributed by atoms with Crippen LogP contribution in [0, 0.1) is 0 Å². The lowest BCUT2D eigenvalue weighted by molar-refractivity contribution is 0.350. The average molecular weight is 387 g/mol. The third-order valence-electron chi connectivity index (χ3n) is 4.96. The normalized spacial score (nSPS) is 10.8. The summed E-state index contributed by atoms with van der Waals surface area (Å²) in [5.74, 6) is 0. The highest BCUT2D eigenvalue weighted by Crippen LogP contribution is 2.14. The molecule has 0 bridgehead atoms. The smallest absolute Gasteiger partial charge is 0.170 e. The van der Waals surface area contributed by atoms with Crippen LogP contribution in [0.2, 0.25) is 13.1 Å². The summed E-state index contributed by atoms with van der Waals surface area (Å²) < 4.78 is 5.18. The minimum atomic E-state index is -0.671. The van der Waals surface area contributed by atoms with Crippen LogP contribution in [0.1, 0.15) is 136 Å². The SMILES string of the molecule is CCCCCCCCCCCCCCCCCCCC.CCO[SiH](C)C. The fourth-order valence-electron chi connectivity index (χ4n) is 3.31. The standard InChI is InChI=1S/C20H42.C4H12OSi/c1-3-5-7-9-11-13-15-17-19-20-18-16-14-12-10-8-6-4-2;1-4-5-6(2)3/h3-20H2,1-2H3;6H,4H2,1-3H3. The predicted octanol–water partition coefficient (Wildman–Crippen LogP) is 9.05. The second kappa shape index (κ2) is 27.4. The van der Waals surface area contributed by atoms with Crippen LogP contribution in [0.4, 0.5) is 0 Å². The maximum absolute atomic E-state index is 5.18. The molecule has 1 nitrogen and oxygen atoms in total. The van der Waals surface area contributed by atoms with Crippen molar-refractivity contribution in [2.24, 2.45) is 0 Å². The highest BCUT2D eigenvalue weighted by Gasteiger charge is 1.94. The van der Waals surface area contributed by atoms with E-state index in [-0.39, 0.29) is 0 Å². The molecule has 0 atom stereocenters. The van der Waals surface area contributed by atoms with Crippen LogP contribution >= 0.6 is 0 Å². The van der Waals surface area contributed by atoms with Crippen molar-refractivity contribution in [3.8, 4) is 0 Å². The van der Waals surface area contributed by atoms with Gasteiger partial charge in [-0.05, 0) is 20.0 Å². The van der Waals surface area contributed by atoms with Gasteiger partial charge in [0.15, 0.2) is 9.04 Å². The fourth-order valence-corrected chi connectivity index (χ4v) is 3.97. The fraction of sp³-hybridized carbons (Fsp3) is 1.00. The second-order valence-electron chi connectivity index (χ2n) is 8.16. The van der Waals surface area contributed by atoms with Gasteiger partial charge in [-0.15, -0.1) is 0 Å². The molecule has 0 aliphatic rings. The van der Waals surface area contributed by atoms with E-state index in [2.05, 4.69) is 26.9 Å². The lowest BCUT2D eigenvalue weighted by Gasteiger charge is -2.03. The van der Waals surface area contributed by atoms with Crippen molar-refractivity contribution in [2.75, 3.05) is 6.61 Å². The van der Waals surface area contributed by atoms with Gasteiger partial charge in [-0.2, -0.15) is 0 Å². The van der Waals surface area contributed by atoms with E-state index in [9.17, 15) is 0 Å². The summed E-state index contributed by atoms with van der Waals surface area (Å²) in [6, 6.07) is 0. The van der Waals surface area contributed by atoms with Gasteiger partial charge in [0.05, 0.1) is 0 Å². The van der Waals surface area contributed by atoms with Crippen LogP contribution in [-0.2, 0) is 4.43 Å². The summed E-state index contributed by atoms with van der Waals surface area (Å²) in [5.41, 5.74) is 0. The van der Waals surface area contributed by atoms with Crippen LogP contribution < -0.4 is 0 Å². The summed E-state index contributed by atoms with van der Waals surface area (Å²) in [6.45, 7) is 11.9. The molecule has 2 heteroatoms. The molecule has 0 spiro atoms. The second-order valence-corrected chi connectivity index (χ2v) is 10.6. The van der Waals surface area contributed by atoms with Gasteiger partial charge in [-0.1, -0.05) is 129 Å². The predicted molar refractivity (Wildman–Crippen MR) is 125 cm³/mol. The van der Waals surface area contributed by atoms with Gasteiger partial charge in [-0.25, -0.2) is 0 Å². The van der Waals surface area contributed by atoms with Crippen LogP contribution in [-0.4, -0.2) is 15.6 Å². The molecule has 0 fully saturated rings. The first kappa shape index (κ1) is 28.4. The molecule has 0 aliphatic heterocycles. The summed E-state index contributed by atoms with van der Waals surface area (Å²) >= 11 is 0. The van der Waals surface area contributed by atoms with E-state index >= 15 is 0 Å². The molecule has 0 aromatic rings. The van der Waals surface area contributed by atoms with E-state index in [0.29, 0.717) is 0 Å². The molecule has 0 unspecified atom stereocenters. The Kier molecular flexibility index (Phi) is 29.9. The molecule has 0 radical (unpaired) electrons. The van der Waals surface area contributed by atoms with Crippen molar-refractivity contribution in [3.63, 3.8) is 0 Å². The Hall–Kier alpha value is 0.177. The number of rotatable bonds is 19. The number of hydrogen-bond donors (Lipinski definition) is 0. The number of hydrogen-bond acceptors (Lipinski definition) is 1. The van der Waals surface area contributed by atoms with E-state index in [1.807, 2.05) is 6.92 Å².